The van der Waals surface area contributed by atoms with Gasteiger partial charge in [-0.25, -0.2) is 15.0 Å². The third kappa shape index (κ3) is 4.44. The lowest BCUT2D eigenvalue weighted by Crippen LogP contribution is -2.16. The van der Waals surface area contributed by atoms with Crippen LogP contribution in [0.5, 0.6) is 5.75 Å². The summed E-state index contributed by atoms with van der Waals surface area (Å²) in [5.74, 6) is 1.13. The van der Waals surface area contributed by atoms with Crippen LogP contribution >= 0.6 is 11.8 Å². The fraction of sp³-hybridized carbons (Fsp3) is 0.182. The van der Waals surface area contributed by atoms with Gasteiger partial charge in [-0.1, -0.05) is 23.9 Å². The number of ether oxygens (including phenoxy) is 1. The van der Waals surface area contributed by atoms with E-state index in [4.69, 9.17) is 9.72 Å². The van der Waals surface area contributed by atoms with Crippen LogP contribution in [0.25, 0.3) is 16.7 Å². The lowest BCUT2D eigenvalue weighted by Gasteiger charge is -2.10. The molecular weight excluding hydrogens is 398 g/mol. The number of aryl methyl sites for hydroxylation is 1. The normalized spacial score (nSPS) is 10.9. The largest absolute Gasteiger partial charge is 0.494 e. The first-order valence-corrected chi connectivity index (χ1v) is 10.6. The molecule has 1 amide bonds. The van der Waals surface area contributed by atoms with Gasteiger partial charge < -0.3 is 4.74 Å². The molecule has 0 fully saturated rings. The molecular formula is C22H21N5O2S. The van der Waals surface area contributed by atoms with Gasteiger partial charge in [-0.3, -0.25) is 14.7 Å². The Balaban J connectivity index is 1.57. The molecule has 0 bridgehead atoms. The van der Waals surface area contributed by atoms with Crippen LogP contribution in [0, 0.1) is 6.92 Å². The average molecular weight is 420 g/mol. The molecule has 30 heavy (non-hydrogen) atoms. The Morgan fingerprint density at radius 1 is 1.10 bits per heavy atom. The van der Waals surface area contributed by atoms with Crippen molar-refractivity contribution < 1.29 is 9.53 Å². The Hall–Kier alpha value is -3.39. The van der Waals surface area contributed by atoms with Crippen LogP contribution in [0.3, 0.4) is 0 Å². The predicted octanol–water partition coefficient (Wildman–Crippen LogP) is 4.25. The molecule has 4 aromatic rings. The second-order valence-electron chi connectivity index (χ2n) is 6.50. The minimum atomic E-state index is -0.184. The second-order valence-corrected chi connectivity index (χ2v) is 7.45. The van der Waals surface area contributed by atoms with Crippen LogP contribution in [0.4, 0.5) is 5.95 Å². The molecule has 0 aliphatic rings. The van der Waals surface area contributed by atoms with Crippen molar-refractivity contribution in [2.24, 2.45) is 0 Å². The number of nitrogens with zero attached hydrogens (tertiary/aromatic N) is 4. The molecule has 0 saturated heterocycles. The maximum Gasteiger partial charge on any atom is 0.237 e. The van der Waals surface area contributed by atoms with Crippen LogP contribution in [0.2, 0.25) is 0 Å². The highest BCUT2D eigenvalue weighted by Crippen LogP contribution is 2.29. The van der Waals surface area contributed by atoms with Gasteiger partial charge in [-0.2, -0.15) is 0 Å². The Morgan fingerprint density at radius 3 is 2.67 bits per heavy atom. The number of carbonyl (C=O) groups excluding carboxylic acids is 1. The fourth-order valence-corrected chi connectivity index (χ4v) is 3.84. The third-order valence-electron chi connectivity index (χ3n) is 4.31. The van der Waals surface area contributed by atoms with Crippen molar-refractivity contribution in [2.45, 2.75) is 19.0 Å². The van der Waals surface area contributed by atoms with Gasteiger partial charge in [0.1, 0.15) is 5.75 Å². The minimum absolute atomic E-state index is 0.184. The van der Waals surface area contributed by atoms with E-state index in [9.17, 15) is 4.79 Å². The molecule has 4 rings (SSSR count). The molecule has 0 unspecified atom stereocenters. The summed E-state index contributed by atoms with van der Waals surface area (Å²) >= 11 is 1.37. The van der Waals surface area contributed by atoms with E-state index in [-0.39, 0.29) is 11.7 Å². The highest BCUT2D eigenvalue weighted by molar-refractivity contribution is 7.99. The molecule has 2 aromatic heterocycles. The molecule has 1 N–H and O–H groups in total. The first-order valence-electron chi connectivity index (χ1n) is 9.57. The lowest BCUT2D eigenvalue weighted by atomic mass is 10.2. The Labute approximate surface area is 178 Å². The van der Waals surface area contributed by atoms with Crippen molar-refractivity contribution in [3.05, 3.63) is 66.5 Å². The lowest BCUT2D eigenvalue weighted by molar-refractivity contribution is -0.113. The van der Waals surface area contributed by atoms with Crippen LogP contribution in [-0.2, 0) is 4.79 Å². The van der Waals surface area contributed by atoms with E-state index in [0.717, 1.165) is 33.3 Å². The van der Waals surface area contributed by atoms with Crippen molar-refractivity contribution in [1.29, 1.82) is 0 Å². The van der Waals surface area contributed by atoms with Gasteiger partial charge in [0.05, 0.1) is 23.4 Å². The van der Waals surface area contributed by atoms with Gasteiger partial charge in [0.25, 0.3) is 0 Å². The van der Waals surface area contributed by atoms with E-state index < -0.39 is 0 Å². The van der Waals surface area contributed by atoms with Gasteiger partial charge in [-0.15, -0.1) is 0 Å². The molecule has 2 aromatic carbocycles. The quantitative estimate of drug-likeness (QED) is 0.451. The first-order chi connectivity index (χ1) is 14.6. The number of fused-ring (bicyclic) bond motifs is 1. The van der Waals surface area contributed by atoms with Crippen molar-refractivity contribution in [2.75, 3.05) is 17.7 Å². The number of carbonyl (C=O) groups is 1. The van der Waals surface area contributed by atoms with E-state index in [1.807, 2.05) is 66.9 Å². The van der Waals surface area contributed by atoms with Crippen molar-refractivity contribution >= 4 is 34.7 Å². The number of rotatable bonds is 7. The van der Waals surface area contributed by atoms with Crippen LogP contribution in [0.15, 0.2) is 66.0 Å². The summed E-state index contributed by atoms with van der Waals surface area (Å²) in [4.78, 5) is 25.4. The van der Waals surface area contributed by atoms with Crippen LogP contribution in [-0.4, -0.2) is 37.8 Å². The summed E-state index contributed by atoms with van der Waals surface area (Å²) in [5.41, 5.74) is 3.60. The van der Waals surface area contributed by atoms with E-state index >= 15 is 0 Å². The van der Waals surface area contributed by atoms with Crippen LogP contribution in [0.1, 0.15) is 12.6 Å². The summed E-state index contributed by atoms with van der Waals surface area (Å²) in [6.07, 6.45) is 1.62. The number of benzene rings is 2. The first kappa shape index (κ1) is 19.9. The zero-order valence-electron chi connectivity index (χ0n) is 16.7. The van der Waals surface area contributed by atoms with Gasteiger partial charge in [0.2, 0.25) is 11.9 Å². The summed E-state index contributed by atoms with van der Waals surface area (Å²) in [6, 6.07) is 17.5. The zero-order chi connectivity index (χ0) is 20.9. The van der Waals surface area contributed by atoms with Gasteiger partial charge in [0, 0.05) is 17.6 Å². The summed E-state index contributed by atoms with van der Waals surface area (Å²) in [7, 11) is 0. The molecule has 2 heterocycles. The van der Waals surface area contributed by atoms with E-state index in [0.29, 0.717) is 12.6 Å². The summed E-state index contributed by atoms with van der Waals surface area (Å²) < 4.78 is 7.59. The standard InChI is InChI=1S/C22H21N5O2S/c1-3-29-17-10-8-16(9-11-17)27-19-7-5-4-6-18(19)25-22(27)30-14-20(28)26-21-23-13-12-15(2)24-21/h4-13H,3,14H2,1-2H3,(H,23,24,26,28). The second kappa shape index (κ2) is 8.96. The maximum atomic E-state index is 12.4. The smallest absolute Gasteiger partial charge is 0.237 e. The zero-order valence-corrected chi connectivity index (χ0v) is 17.5. The highest BCUT2D eigenvalue weighted by Gasteiger charge is 2.15. The maximum absolute atomic E-state index is 12.4. The van der Waals surface area contributed by atoms with Gasteiger partial charge in [-0.05, 0) is 56.3 Å². The minimum Gasteiger partial charge on any atom is -0.494 e. The Kier molecular flexibility index (Phi) is 5.94. The SMILES string of the molecule is CCOc1ccc(-n2c(SCC(=O)Nc3nccc(C)n3)nc3ccccc32)cc1. The Morgan fingerprint density at radius 2 is 1.90 bits per heavy atom. The number of thioether (sulfide) groups is 1. The number of hydrogen-bond acceptors (Lipinski definition) is 6. The predicted molar refractivity (Wildman–Crippen MR) is 118 cm³/mol. The molecule has 0 atom stereocenters. The number of nitrogens with one attached hydrogen (secondary N) is 1. The van der Waals surface area contributed by atoms with E-state index in [1.165, 1.54) is 11.8 Å². The summed E-state index contributed by atoms with van der Waals surface area (Å²) in [6.45, 7) is 4.43. The summed E-state index contributed by atoms with van der Waals surface area (Å²) in [5, 5.41) is 3.47. The number of para-hydroxylation sites is 2. The van der Waals surface area contributed by atoms with Crippen molar-refractivity contribution in [1.82, 2.24) is 19.5 Å². The van der Waals surface area contributed by atoms with Crippen molar-refractivity contribution in [3.63, 3.8) is 0 Å². The van der Waals surface area contributed by atoms with Crippen LogP contribution < -0.4 is 10.1 Å². The average Bonchev–Trinajstić information content (AvgIpc) is 3.11. The van der Waals surface area contributed by atoms with Crippen molar-refractivity contribution in [3.8, 4) is 11.4 Å². The number of imidazole rings is 1. The highest BCUT2D eigenvalue weighted by atomic mass is 32.2. The molecule has 0 radical (unpaired) electrons. The Bertz CT molecular complexity index is 1170. The third-order valence-corrected chi connectivity index (χ3v) is 5.25. The topological polar surface area (TPSA) is 81.9 Å². The molecule has 7 nitrogen and oxygen atoms in total. The monoisotopic (exact) mass is 419 g/mol. The van der Waals surface area contributed by atoms with E-state index in [1.54, 1.807) is 12.3 Å². The number of aromatic nitrogens is 4. The van der Waals surface area contributed by atoms with Gasteiger partial charge >= 0.3 is 0 Å². The number of amides is 1. The molecule has 0 aliphatic carbocycles. The number of anilines is 1. The molecule has 152 valence electrons. The van der Waals surface area contributed by atoms with E-state index in [2.05, 4.69) is 15.3 Å². The molecule has 0 saturated carbocycles. The fourth-order valence-electron chi connectivity index (χ4n) is 3.01. The molecule has 8 heteroatoms. The van der Waals surface area contributed by atoms with Gasteiger partial charge in [0.15, 0.2) is 5.16 Å². The molecule has 0 spiro atoms. The number of hydrogen-bond donors (Lipinski definition) is 1. The molecule has 0 aliphatic heterocycles.